The Labute approximate surface area is 234 Å². The van der Waals surface area contributed by atoms with E-state index in [1.54, 1.807) is 19.1 Å². The largest absolute Gasteiger partial charge is 0.508 e. The zero-order chi connectivity index (χ0) is 28.3. The number of amides is 2. The van der Waals surface area contributed by atoms with E-state index in [2.05, 4.69) is 22.1 Å². The highest BCUT2D eigenvalue weighted by Crippen LogP contribution is 2.48. The van der Waals surface area contributed by atoms with Crippen molar-refractivity contribution in [2.24, 2.45) is 0 Å². The highest BCUT2D eigenvalue weighted by Gasteiger charge is 2.52. The summed E-state index contributed by atoms with van der Waals surface area (Å²) in [4.78, 5) is 30.6. The Morgan fingerprint density at radius 3 is 2.27 bits per heavy atom. The van der Waals surface area contributed by atoms with E-state index < -0.39 is 17.0 Å². The van der Waals surface area contributed by atoms with Crippen LogP contribution in [0.15, 0.2) is 42.5 Å². The third-order valence-corrected chi connectivity index (χ3v) is 8.85. The van der Waals surface area contributed by atoms with Crippen LogP contribution in [0.4, 0.5) is 8.78 Å². The van der Waals surface area contributed by atoms with Crippen molar-refractivity contribution in [3.05, 3.63) is 65.2 Å². The molecule has 2 N–H and O–H groups in total. The Balaban J connectivity index is 1.07. The van der Waals surface area contributed by atoms with Gasteiger partial charge in [-0.2, -0.15) is 0 Å². The molecule has 40 heavy (non-hydrogen) atoms. The molecule has 1 atom stereocenters. The molecule has 1 aliphatic carbocycles. The van der Waals surface area contributed by atoms with Crippen molar-refractivity contribution < 1.29 is 23.5 Å². The summed E-state index contributed by atoms with van der Waals surface area (Å²) in [5.41, 5.74) is 0.760. The molecule has 2 aromatic carbocycles. The summed E-state index contributed by atoms with van der Waals surface area (Å²) >= 11 is 0. The van der Waals surface area contributed by atoms with Gasteiger partial charge in [0.1, 0.15) is 5.75 Å². The second kappa shape index (κ2) is 12.0. The average Bonchev–Trinajstić information content (AvgIpc) is 3.78. The fraction of sp³-hybridized carbons (Fsp3) is 0.500. The molecule has 2 aromatic rings. The molecule has 2 amide bonds. The Bertz CT molecular complexity index is 1280. The van der Waals surface area contributed by atoms with Crippen molar-refractivity contribution >= 4 is 11.8 Å². The van der Waals surface area contributed by atoms with Crippen LogP contribution in [-0.4, -0.2) is 65.0 Å². The van der Waals surface area contributed by atoms with Gasteiger partial charge in [0, 0.05) is 44.7 Å². The molecule has 0 radical (unpaired) electrons. The lowest BCUT2D eigenvalue weighted by molar-refractivity contribution is -0.133. The first-order chi connectivity index (χ1) is 19.3. The molecule has 1 saturated carbocycles. The summed E-state index contributed by atoms with van der Waals surface area (Å²) in [6.07, 6.45) is 5.18. The number of benzene rings is 2. The molecule has 3 fully saturated rings. The minimum Gasteiger partial charge on any atom is -0.508 e. The number of nitrogens with one attached hydrogen (secondary N) is 1. The van der Waals surface area contributed by atoms with E-state index >= 15 is 0 Å². The van der Waals surface area contributed by atoms with Crippen LogP contribution >= 0.6 is 0 Å². The molecule has 3 aliphatic rings. The van der Waals surface area contributed by atoms with Crippen molar-refractivity contribution in [1.82, 2.24) is 15.1 Å². The number of hydrogen-bond acceptors (Lipinski definition) is 4. The highest BCUT2D eigenvalue weighted by molar-refractivity contribution is 5.91. The SMILES string of the molecule is CC#C[C@@H](CC(=O)N1CCC(N2CCC(NC(=O)C3(c4ccc(F)c(F)c4)CC3)CC2)CC1)c1ccc(O)cc1. The number of piperidine rings is 2. The average molecular weight is 550 g/mol. The molecule has 6 nitrogen and oxygen atoms in total. The first kappa shape index (κ1) is 28.1. The number of likely N-dealkylation sites (tertiary alicyclic amines) is 2. The van der Waals surface area contributed by atoms with E-state index in [0.29, 0.717) is 30.9 Å². The summed E-state index contributed by atoms with van der Waals surface area (Å²) in [5, 5.41) is 12.8. The van der Waals surface area contributed by atoms with Gasteiger partial charge in [-0.25, -0.2) is 8.78 Å². The van der Waals surface area contributed by atoms with Crippen LogP contribution in [0.1, 0.15) is 68.9 Å². The third kappa shape index (κ3) is 6.15. The van der Waals surface area contributed by atoms with E-state index in [4.69, 9.17) is 0 Å². The van der Waals surface area contributed by atoms with Crippen LogP contribution < -0.4 is 5.32 Å². The monoisotopic (exact) mass is 549 g/mol. The second-order valence-corrected chi connectivity index (χ2v) is 11.3. The Morgan fingerprint density at radius 2 is 1.68 bits per heavy atom. The highest BCUT2D eigenvalue weighted by atomic mass is 19.2. The molecule has 212 valence electrons. The van der Waals surface area contributed by atoms with E-state index in [0.717, 1.165) is 69.6 Å². The molecular formula is C32H37F2N3O3. The van der Waals surface area contributed by atoms with Crippen LogP contribution in [-0.2, 0) is 15.0 Å². The first-order valence-electron chi connectivity index (χ1n) is 14.3. The number of nitrogens with zero attached hydrogens (tertiary/aromatic N) is 2. The first-order valence-corrected chi connectivity index (χ1v) is 14.3. The molecular weight excluding hydrogens is 512 g/mol. The number of phenols is 1. The topological polar surface area (TPSA) is 72.9 Å². The van der Waals surface area contributed by atoms with Gasteiger partial charge in [-0.3, -0.25) is 9.59 Å². The zero-order valence-corrected chi connectivity index (χ0v) is 23.0. The molecule has 5 rings (SSSR count). The summed E-state index contributed by atoms with van der Waals surface area (Å²) < 4.78 is 27.1. The summed E-state index contributed by atoms with van der Waals surface area (Å²) in [6, 6.07) is 11.2. The minimum atomic E-state index is -0.913. The maximum Gasteiger partial charge on any atom is 0.230 e. The van der Waals surface area contributed by atoms with Crippen LogP contribution in [0, 0.1) is 23.5 Å². The normalized spacial score (nSPS) is 20.3. The maximum absolute atomic E-state index is 13.8. The fourth-order valence-corrected chi connectivity index (χ4v) is 6.22. The van der Waals surface area contributed by atoms with Crippen LogP contribution in [0.2, 0.25) is 0 Å². The van der Waals surface area contributed by atoms with Gasteiger partial charge in [0.2, 0.25) is 11.8 Å². The predicted molar refractivity (Wildman–Crippen MR) is 149 cm³/mol. The number of carbonyl (C=O) groups excluding carboxylic acids is 2. The number of carbonyl (C=O) groups is 2. The van der Waals surface area contributed by atoms with Gasteiger partial charge in [-0.05, 0) is 80.8 Å². The van der Waals surface area contributed by atoms with Crippen molar-refractivity contribution in [2.75, 3.05) is 26.2 Å². The van der Waals surface area contributed by atoms with Crippen molar-refractivity contribution in [1.29, 1.82) is 0 Å². The van der Waals surface area contributed by atoms with Crippen LogP contribution in [0.3, 0.4) is 0 Å². The summed E-state index contributed by atoms with van der Waals surface area (Å²) in [5.74, 6) is 4.30. The van der Waals surface area contributed by atoms with E-state index in [1.165, 1.54) is 6.07 Å². The standard InChI is InChI=1S/C32H37F2N3O3/c1-2-3-23(22-4-7-27(38)8-5-22)20-30(39)37-18-12-26(13-19-37)36-16-10-25(11-17-36)35-31(40)32(14-15-32)24-6-9-28(33)29(34)21-24/h4-9,21,23,25-26,38H,10-20H2,1H3,(H,35,40)/t23-/m0/s1. The Kier molecular flexibility index (Phi) is 8.41. The lowest BCUT2D eigenvalue weighted by atomic mass is 9.92. The van der Waals surface area contributed by atoms with Crippen molar-refractivity contribution in [3.8, 4) is 17.6 Å². The molecule has 0 spiro atoms. The van der Waals surface area contributed by atoms with Crippen LogP contribution in [0.5, 0.6) is 5.75 Å². The van der Waals surface area contributed by atoms with Gasteiger partial charge >= 0.3 is 0 Å². The third-order valence-electron chi connectivity index (χ3n) is 8.85. The fourth-order valence-electron chi connectivity index (χ4n) is 6.22. The van der Waals surface area contributed by atoms with Crippen molar-refractivity contribution in [3.63, 3.8) is 0 Å². The lowest BCUT2D eigenvalue weighted by Gasteiger charge is -2.42. The zero-order valence-electron chi connectivity index (χ0n) is 23.0. The van der Waals surface area contributed by atoms with Gasteiger partial charge in [-0.15, -0.1) is 5.92 Å². The molecule has 0 bridgehead atoms. The second-order valence-electron chi connectivity index (χ2n) is 11.3. The molecule has 2 aliphatic heterocycles. The molecule has 2 saturated heterocycles. The number of hydrogen-bond donors (Lipinski definition) is 2. The van der Waals surface area contributed by atoms with Crippen molar-refractivity contribution in [2.45, 2.75) is 75.3 Å². The number of rotatable bonds is 7. The van der Waals surface area contributed by atoms with Crippen LogP contribution in [0.25, 0.3) is 0 Å². The van der Waals surface area contributed by atoms with Gasteiger partial charge in [0.15, 0.2) is 11.6 Å². The molecule has 0 unspecified atom stereocenters. The predicted octanol–water partition coefficient (Wildman–Crippen LogP) is 4.47. The van der Waals surface area contributed by atoms with Gasteiger partial charge in [0.25, 0.3) is 0 Å². The summed E-state index contributed by atoms with van der Waals surface area (Å²) in [6.45, 7) is 4.99. The quantitative estimate of drug-likeness (QED) is 0.500. The van der Waals surface area contributed by atoms with E-state index in [1.807, 2.05) is 17.0 Å². The summed E-state index contributed by atoms with van der Waals surface area (Å²) in [7, 11) is 0. The van der Waals surface area contributed by atoms with E-state index in [9.17, 15) is 23.5 Å². The number of halogens is 2. The Morgan fingerprint density at radius 1 is 1.00 bits per heavy atom. The molecule has 0 aromatic heterocycles. The number of aromatic hydroxyl groups is 1. The lowest BCUT2D eigenvalue weighted by Crippen LogP contribution is -2.52. The van der Waals surface area contributed by atoms with Gasteiger partial charge < -0.3 is 20.2 Å². The van der Waals surface area contributed by atoms with E-state index in [-0.39, 0.29) is 29.5 Å². The Hall–Kier alpha value is -3.44. The van der Waals surface area contributed by atoms with Gasteiger partial charge in [-0.1, -0.05) is 24.1 Å². The molecule has 2 heterocycles. The minimum absolute atomic E-state index is 0.0738. The smallest absolute Gasteiger partial charge is 0.230 e. The molecule has 8 heteroatoms. The number of phenolic OH excluding ortho intramolecular Hbond substituents is 1. The van der Waals surface area contributed by atoms with Gasteiger partial charge in [0.05, 0.1) is 11.3 Å². The maximum atomic E-state index is 13.8.